The summed E-state index contributed by atoms with van der Waals surface area (Å²) in [5, 5.41) is 9.24. The Hall–Kier alpha value is -0.143. The molecule has 0 aliphatic carbocycles. The second kappa shape index (κ2) is 10.3. The maximum Gasteiger partial charge on any atom is 0.501 e. The molecule has 1 aromatic rings. The molecule has 0 saturated carbocycles. The third-order valence-electron chi connectivity index (χ3n) is 4.35. The lowest BCUT2D eigenvalue weighted by molar-refractivity contribution is -0.0130. The van der Waals surface area contributed by atoms with Crippen molar-refractivity contribution in [2.75, 3.05) is 26.4 Å². The largest absolute Gasteiger partial charge is 0.501 e. The maximum atomic E-state index is 9.24. The highest BCUT2D eigenvalue weighted by atomic mass is 35.5. The van der Waals surface area contributed by atoms with Crippen LogP contribution in [0.4, 0.5) is 0 Å². The first kappa shape index (κ1) is 21.2. The van der Waals surface area contributed by atoms with E-state index in [1.807, 2.05) is 13.0 Å². The Balaban J connectivity index is 2.04. The molecule has 1 unspecified atom stereocenters. The van der Waals surface area contributed by atoms with Crippen molar-refractivity contribution in [2.45, 2.75) is 38.1 Å². The average Bonchev–Trinajstić information content (AvgIpc) is 2.66. The van der Waals surface area contributed by atoms with E-state index in [0.717, 1.165) is 23.6 Å². The molecule has 0 amide bonds. The smallest absolute Gasteiger partial charge is 0.396 e. The summed E-state index contributed by atoms with van der Waals surface area (Å²) in [6.07, 6.45) is 0.806. The standard InChI is InChI=1S/C18H28Cl2O4Si/c1-14(10-21)11-22-25(23-12-15(2)13-24-25)6-5-16-3-4-17(8-19)18(7-16)9-20/h3-4,7,14-15,21H,5-6,8-13H2,1-2H3. The molecule has 1 fully saturated rings. The SMILES string of the molecule is CC(CO)CO[Si]1(CCc2ccc(CCl)c(CCl)c2)OCC(C)CO1. The van der Waals surface area contributed by atoms with Gasteiger partial charge in [0, 0.05) is 56.1 Å². The first-order valence-corrected chi connectivity index (χ1v) is 11.8. The van der Waals surface area contributed by atoms with E-state index in [9.17, 15) is 5.11 Å². The first-order chi connectivity index (χ1) is 12.0. The zero-order chi connectivity index (χ0) is 18.3. The Kier molecular flexibility index (Phi) is 8.68. The second-order valence-corrected chi connectivity index (χ2v) is 10.1. The van der Waals surface area contributed by atoms with Gasteiger partial charge in [-0.2, -0.15) is 0 Å². The van der Waals surface area contributed by atoms with Crippen molar-refractivity contribution >= 4 is 32.0 Å². The van der Waals surface area contributed by atoms with Gasteiger partial charge in [0.25, 0.3) is 0 Å². The number of aliphatic hydroxyl groups is 1. The number of benzene rings is 1. The van der Waals surface area contributed by atoms with Gasteiger partial charge in [-0.25, -0.2) is 0 Å². The van der Waals surface area contributed by atoms with Crippen molar-refractivity contribution < 1.29 is 18.4 Å². The lowest BCUT2D eigenvalue weighted by atomic mass is 10.0. The van der Waals surface area contributed by atoms with Crippen LogP contribution in [0, 0.1) is 11.8 Å². The van der Waals surface area contributed by atoms with Gasteiger partial charge in [-0.05, 0) is 23.1 Å². The predicted molar refractivity (Wildman–Crippen MR) is 103 cm³/mol. The van der Waals surface area contributed by atoms with E-state index in [1.165, 1.54) is 5.56 Å². The lowest BCUT2D eigenvalue weighted by Crippen LogP contribution is -2.52. The summed E-state index contributed by atoms with van der Waals surface area (Å²) in [4.78, 5) is 0. The topological polar surface area (TPSA) is 47.9 Å². The Morgan fingerprint density at radius 2 is 1.92 bits per heavy atom. The molecular weight excluding hydrogens is 379 g/mol. The summed E-state index contributed by atoms with van der Waals surface area (Å²) >= 11 is 12.0. The molecule has 1 aliphatic rings. The summed E-state index contributed by atoms with van der Waals surface area (Å²) < 4.78 is 18.2. The molecule has 0 bridgehead atoms. The number of aryl methyl sites for hydroxylation is 1. The molecule has 142 valence electrons. The highest BCUT2D eigenvalue weighted by molar-refractivity contribution is 6.60. The van der Waals surface area contributed by atoms with Crippen LogP contribution in [0.3, 0.4) is 0 Å². The number of alkyl halides is 2. The zero-order valence-corrected chi connectivity index (χ0v) is 17.5. The molecule has 1 saturated heterocycles. The van der Waals surface area contributed by atoms with Gasteiger partial charge in [0.05, 0.1) is 0 Å². The van der Waals surface area contributed by atoms with Crippen molar-refractivity contribution in [1.29, 1.82) is 0 Å². The molecule has 4 nitrogen and oxygen atoms in total. The van der Waals surface area contributed by atoms with E-state index in [2.05, 4.69) is 19.1 Å². The molecule has 1 aromatic carbocycles. The summed E-state index contributed by atoms with van der Waals surface area (Å²) in [6, 6.07) is 6.94. The number of hydrogen-bond donors (Lipinski definition) is 1. The fourth-order valence-corrected chi connectivity index (χ4v) is 6.04. The molecular formula is C18H28Cl2O4Si. The average molecular weight is 407 g/mol. The Morgan fingerprint density at radius 3 is 2.52 bits per heavy atom. The third kappa shape index (κ3) is 6.21. The van der Waals surface area contributed by atoms with Crippen LogP contribution in [0.5, 0.6) is 0 Å². The first-order valence-electron chi connectivity index (χ1n) is 8.77. The third-order valence-corrected chi connectivity index (χ3v) is 7.61. The summed E-state index contributed by atoms with van der Waals surface area (Å²) in [7, 11) is -2.71. The number of aliphatic hydroxyl groups excluding tert-OH is 1. The van der Waals surface area contributed by atoms with Gasteiger partial charge in [-0.15, -0.1) is 23.2 Å². The molecule has 1 aliphatic heterocycles. The number of halogens is 2. The van der Waals surface area contributed by atoms with Gasteiger partial charge in [-0.1, -0.05) is 32.0 Å². The van der Waals surface area contributed by atoms with Gasteiger partial charge in [0.1, 0.15) is 0 Å². The molecule has 1 heterocycles. The number of hydrogen-bond acceptors (Lipinski definition) is 4. The van der Waals surface area contributed by atoms with Crippen LogP contribution in [0.15, 0.2) is 18.2 Å². The van der Waals surface area contributed by atoms with E-state index < -0.39 is 8.80 Å². The van der Waals surface area contributed by atoms with E-state index in [1.54, 1.807) is 0 Å². The molecule has 1 atom stereocenters. The normalized spacial score (nSPS) is 25.1. The fourth-order valence-electron chi connectivity index (χ4n) is 2.64. The van der Waals surface area contributed by atoms with E-state index in [4.69, 9.17) is 36.5 Å². The minimum Gasteiger partial charge on any atom is -0.396 e. The van der Waals surface area contributed by atoms with Crippen LogP contribution < -0.4 is 0 Å². The summed E-state index contributed by atoms with van der Waals surface area (Å²) in [5.41, 5.74) is 3.32. The van der Waals surface area contributed by atoms with Crippen LogP contribution >= 0.6 is 23.2 Å². The second-order valence-electron chi connectivity index (χ2n) is 6.88. The van der Waals surface area contributed by atoms with Crippen molar-refractivity contribution in [3.8, 4) is 0 Å². The van der Waals surface area contributed by atoms with Gasteiger partial charge in [0.15, 0.2) is 0 Å². The van der Waals surface area contributed by atoms with Gasteiger partial charge in [0.2, 0.25) is 0 Å². The quantitative estimate of drug-likeness (QED) is 0.497. The lowest BCUT2D eigenvalue weighted by Gasteiger charge is -2.36. The Bertz CT molecular complexity index is 536. The van der Waals surface area contributed by atoms with Crippen LogP contribution in [-0.4, -0.2) is 40.3 Å². The molecule has 1 N–H and O–H groups in total. The zero-order valence-electron chi connectivity index (χ0n) is 15.0. The van der Waals surface area contributed by atoms with Crippen molar-refractivity contribution in [3.05, 3.63) is 34.9 Å². The van der Waals surface area contributed by atoms with E-state index in [-0.39, 0.29) is 12.5 Å². The van der Waals surface area contributed by atoms with Gasteiger partial charge < -0.3 is 18.4 Å². The van der Waals surface area contributed by atoms with Crippen LogP contribution in [-0.2, 0) is 31.5 Å². The minimum atomic E-state index is -2.71. The van der Waals surface area contributed by atoms with Crippen LogP contribution in [0.1, 0.15) is 30.5 Å². The molecule has 2 rings (SSSR count). The van der Waals surface area contributed by atoms with Crippen LogP contribution in [0.2, 0.25) is 6.04 Å². The summed E-state index contributed by atoms with van der Waals surface area (Å²) in [6.45, 7) is 5.93. The van der Waals surface area contributed by atoms with E-state index >= 15 is 0 Å². The van der Waals surface area contributed by atoms with Crippen molar-refractivity contribution in [1.82, 2.24) is 0 Å². The van der Waals surface area contributed by atoms with Gasteiger partial charge in [-0.3, -0.25) is 0 Å². The molecule has 0 spiro atoms. The van der Waals surface area contributed by atoms with Crippen LogP contribution in [0.25, 0.3) is 0 Å². The monoisotopic (exact) mass is 406 g/mol. The predicted octanol–water partition coefficient (Wildman–Crippen LogP) is 3.97. The minimum absolute atomic E-state index is 0.0711. The Morgan fingerprint density at radius 1 is 1.24 bits per heavy atom. The highest BCUT2D eigenvalue weighted by Gasteiger charge is 2.44. The van der Waals surface area contributed by atoms with Gasteiger partial charge >= 0.3 is 8.80 Å². The molecule has 0 aromatic heterocycles. The van der Waals surface area contributed by atoms with Crippen molar-refractivity contribution in [2.24, 2.45) is 11.8 Å². The van der Waals surface area contributed by atoms with Crippen molar-refractivity contribution in [3.63, 3.8) is 0 Å². The number of rotatable bonds is 9. The summed E-state index contributed by atoms with van der Waals surface area (Å²) in [5.74, 6) is 1.37. The fraction of sp³-hybridized carbons (Fsp3) is 0.667. The Labute approximate surface area is 161 Å². The van der Waals surface area contributed by atoms with E-state index in [0.29, 0.717) is 37.5 Å². The highest BCUT2D eigenvalue weighted by Crippen LogP contribution is 2.26. The molecule has 0 radical (unpaired) electrons. The molecule has 25 heavy (non-hydrogen) atoms. The molecule has 7 heteroatoms. The maximum absolute atomic E-state index is 9.24.